The van der Waals surface area contributed by atoms with Crippen LogP contribution < -0.4 is 18.9 Å². The molecule has 4 fully saturated rings. The van der Waals surface area contributed by atoms with Crippen molar-refractivity contribution in [3.63, 3.8) is 0 Å². The molecule has 296 valence electrons. The van der Waals surface area contributed by atoms with Gasteiger partial charge >= 0.3 is 11.9 Å². The predicted molar refractivity (Wildman–Crippen MR) is 190 cm³/mol. The maximum atomic E-state index is 13.7. The van der Waals surface area contributed by atoms with Gasteiger partial charge in [0.25, 0.3) is 23.2 Å². The fourth-order valence-electron chi connectivity index (χ4n) is 7.65. The SMILES string of the molecule is COC(=O)[C@@H]1CC2(CC2)CN1C(=O)c1cc(OC)c(OCCCCCOc2cc([N+](=O)[O-])c(C(=O)N3CC4(CC4)C[C@H]3C(=O)OC)cc2OC)cc1[N+](=O)[O-]. The number of nitrogens with zero attached hydrogens (tertiary/aromatic N) is 4. The number of rotatable bonds is 16. The first-order valence-electron chi connectivity index (χ1n) is 18.1. The van der Waals surface area contributed by atoms with Crippen LogP contribution in [-0.2, 0) is 19.1 Å². The minimum absolute atomic E-state index is 0.0671. The first-order valence-corrected chi connectivity index (χ1v) is 18.1. The third-order valence-corrected chi connectivity index (χ3v) is 11.1. The first-order chi connectivity index (χ1) is 26.3. The van der Waals surface area contributed by atoms with E-state index in [4.69, 9.17) is 28.4 Å². The van der Waals surface area contributed by atoms with E-state index in [-0.39, 0.29) is 58.2 Å². The van der Waals surface area contributed by atoms with Gasteiger partial charge in [-0.25, -0.2) is 9.59 Å². The summed E-state index contributed by atoms with van der Waals surface area (Å²) in [6.07, 6.45) is 5.89. The van der Waals surface area contributed by atoms with Crippen LogP contribution in [0.2, 0.25) is 0 Å². The molecule has 0 aromatic heterocycles. The summed E-state index contributed by atoms with van der Waals surface area (Å²) in [5.41, 5.74) is -1.75. The molecule has 0 bridgehead atoms. The molecule has 55 heavy (non-hydrogen) atoms. The summed E-state index contributed by atoms with van der Waals surface area (Å²) in [6, 6.07) is 3.13. The molecule has 0 N–H and O–H groups in total. The van der Waals surface area contributed by atoms with Gasteiger partial charge in [-0.2, -0.15) is 0 Å². The quantitative estimate of drug-likeness (QED) is 0.0996. The molecular weight excluding hydrogens is 724 g/mol. The Hall–Kier alpha value is -5.68. The van der Waals surface area contributed by atoms with Crippen LogP contribution in [-0.4, -0.2) is 110 Å². The van der Waals surface area contributed by atoms with Gasteiger partial charge in [-0.05, 0) is 68.6 Å². The minimum Gasteiger partial charge on any atom is -0.493 e. The second-order valence-electron chi connectivity index (χ2n) is 14.7. The molecule has 4 aliphatic rings. The summed E-state index contributed by atoms with van der Waals surface area (Å²) in [4.78, 5) is 77.9. The van der Waals surface area contributed by atoms with Gasteiger partial charge in [-0.15, -0.1) is 0 Å². The van der Waals surface area contributed by atoms with E-state index >= 15 is 0 Å². The van der Waals surface area contributed by atoms with Crippen LogP contribution in [0.25, 0.3) is 0 Å². The molecule has 0 radical (unpaired) electrons. The van der Waals surface area contributed by atoms with Crippen LogP contribution in [0.5, 0.6) is 23.0 Å². The number of esters is 2. The molecule has 2 amide bonds. The van der Waals surface area contributed by atoms with Crippen molar-refractivity contribution in [3.8, 4) is 23.0 Å². The number of methoxy groups -OCH3 is 4. The molecule has 2 atom stereocenters. The van der Waals surface area contributed by atoms with Gasteiger partial charge < -0.3 is 38.2 Å². The largest absolute Gasteiger partial charge is 0.493 e. The van der Waals surface area contributed by atoms with Crippen molar-refractivity contribution < 1.29 is 57.4 Å². The number of hydrogen-bond acceptors (Lipinski definition) is 14. The highest BCUT2D eigenvalue weighted by atomic mass is 16.6. The van der Waals surface area contributed by atoms with Crippen molar-refractivity contribution in [2.75, 3.05) is 54.7 Å². The number of carbonyl (C=O) groups excluding carboxylic acids is 4. The van der Waals surface area contributed by atoms with Gasteiger partial charge in [0, 0.05) is 25.2 Å². The molecule has 2 saturated heterocycles. The van der Waals surface area contributed by atoms with Crippen molar-refractivity contribution in [1.29, 1.82) is 0 Å². The third-order valence-electron chi connectivity index (χ3n) is 11.1. The fraction of sp³-hybridized carbons (Fsp3) is 0.568. The Labute approximate surface area is 316 Å². The van der Waals surface area contributed by atoms with Gasteiger partial charge in [-0.3, -0.25) is 29.8 Å². The monoisotopic (exact) mass is 768 g/mol. The molecule has 2 spiro atoms. The number of unbranched alkanes of at least 4 members (excludes halogenated alkanes) is 2. The molecule has 2 aromatic rings. The second kappa shape index (κ2) is 15.6. The number of amides is 2. The Bertz CT molecular complexity index is 1760. The zero-order valence-electron chi connectivity index (χ0n) is 31.2. The highest BCUT2D eigenvalue weighted by molar-refractivity contribution is 6.02. The molecule has 2 heterocycles. The molecule has 18 nitrogen and oxygen atoms in total. The summed E-state index contributed by atoms with van der Waals surface area (Å²) in [7, 11) is 5.18. The van der Waals surface area contributed by atoms with Crippen molar-refractivity contribution in [2.24, 2.45) is 10.8 Å². The summed E-state index contributed by atoms with van der Waals surface area (Å²) < 4.78 is 32.3. The third kappa shape index (κ3) is 7.93. The van der Waals surface area contributed by atoms with E-state index in [2.05, 4.69) is 0 Å². The number of benzene rings is 2. The first kappa shape index (κ1) is 39.0. The maximum absolute atomic E-state index is 13.7. The van der Waals surface area contributed by atoms with Crippen LogP contribution >= 0.6 is 0 Å². The number of ether oxygens (including phenoxy) is 6. The number of carbonyl (C=O) groups is 4. The summed E-state index contributed by atoms with van der Waals surface area (Å²) in [6.45, 7) is 0.880. The maximum Gasteiger partial charge on any atom is 0.328 e. The molecule has 2 saturated carbocycles. The van der Waals surface area contributed by atoms with E-state index in [1.807, 2.05) is 0 Å². The van der Waals surface area contributed by atoms with Crippen molar-refractivity contribution in [1.82, 2.24) is 9.80 Å². The highest BCUT2D eigenvalue weighted by Gasteiger charge is 2.57. The predicted octanol–water partition coefficient (Wildman–Crippen LogP) is 4.48. The van der Waals surface area contributed by atoms with Crippen LogP contribution in [0, 0.1) is 31.1 Å². The van der Waals surface area contributed by atoms with Gasteiger partial charge in [0.1, 0.15) is 23.2 Å². The highest BCUT2D eigenvalue weighted by Crippen LogP contribution is 2.56. The Kier molecular flexibility index (Phi) is 11.1. The standard InChI is InChI=1S/C37H44N4O14/c1-50-28-14-22(32(42)38-20-36(8-9-36)18-26(38)34(44)52-3)24(40(46)47)16-30(28)54-12-6-5-7-13-55-31-17-25(41(48)49)23(15-29(31)51-2)33(43)39-21-37(10-11-37)19-27(39)35(45)53-4/h14-17,26-27H,5-13,18-21H2,1-4H3/t26-,27-/m0/s1. The second-order valence-corrected chi connectivity index (χ2v) is 14.7. The van der Waals surface area contributed by atoms with Crippen LogP contribution in [0.1, 0.15) is 78.5 Å². The Balaban J connectivity index is 1.05. The molecule has 2 aliphatic carbocycles. The molecular formula is C37H44N4O14. The average Bonchev–Trinajstić information content (AvgIpc) is 4.05. The topological polar surface area (TPSA) is 216 Å². The number of nitro benzene ring substituents is 2. The van der Waals surface area contributed by atoms with Crippen molar-refractivity contribution >= 4 is 35.1 Å². The lowest BCUT2D eigenvalue weighted by Gasteiger charge is -2.23. The Morgan fingerprint density at radius 2 is 1.02 bits per heavy atom. The molecule has 0 unspecified atom stereocenters. The number of hydrogen-bond donors (Lipinski definition) is 0. The van der Waals surface area contributed by atoms with E-state index in [1.165, 1.54) is 50.4 Å². The van der Waals surface area contributed by atoms with Gasteiger partial charge in [0.2, 0.25) is 0 Å². The van der Waals surface area contributed by atoms with Gasteiger partial charge in [0.15, 0.2) is 23.0 Å². The molecule has 6 rings (SSSR count). The van der Waals surface area contributed by atoms with E-state index in [0.29, 0.717) is 45.2 Å². The van der Waals surface area contributed by atoms with E-state index in [1.54, 1.807) is 0 Å². The van der Waals surface area contributed by atoms with Crippen LogP contribution in [0.4, 0.5) is 11.4 Å². The normalized spacial score (nSPS) is 19.9. The number of nitro groups is 2. The lowest BCUT2D eigenvalue weighted by atomic mass is 10.0. The molecule has 2 aliphatic heterocycles. The summed E-state index contributed by atoms with van der Waals surface area (Å²) in [5, 5.41) is 24.2. The zero-order valence-corrected chi connectivity index (χ0v) is 31.2. The minimum atomic E-state index is -0.831. The lowest BCUT2D eigenvalue weighted by Crippen LogP contribution is -2.41. The summed E-state index contributed by atoms with van der Waals surface area (Å²) >= 11 is 0. The van der Waals surface area contributed by atoms with Crippen molar-refractivity contribution in [2.45, 2.75) is 69.9 Å². The summed E-state index contributed by atoms with van der Waals surface area (Å²) in [5.74, 6) is -2.10. The zero-order chi connectivity index (χ0) is 39.7. The van der Waals surface area contributed by atoms with Gasteiger partial charge in [-0.1, -0.05) is 0 Å². The fourth-order valence-corrected chi connectivity index (χ4v) is 7.65. The Morgan fingerprint density at radius 1 is 0.636 bits per heavy atom. The van der Waals surface area contributed by atoms with Crippen LogP contribution in [0.3, 0.4) is 0 Å². The van der Waals surface area contributed by atoms with Gasteiger partial charge in [0.05, 0.1) is 63.6 Å². The number of likely N-dealkylation sites (tertiary alicyclic amines) is 2. The van der Waals surface area contributed by atoms with E-state index < -0.39 is 57.1 Å². The lowest BCUT2D eigenvalue weighted by molar-refractivity contribution is -0.385. The van der Waals surface area contributed by atoms with E-state index in [0.717, 1.165) is 37.8 Å². The average molecular weight is 769 g/mol. The Morgan fingerprint density at radius 3 is 1.33 bits per heavy atom. The van der Waals surface area contributed by atoms with E-state index in [9.17, 15) is 39.4 Å². The smallest absolute Gasteiger partial charge is 0.328 e. The van der Waals surface area contributed by atoms with Crippen LogP contribution in [0.15, 0.2) is 24.3 Å². The molecule has 18 heteroatoms. The van der Waals surface area contributed by atoms with Crippen molar-refractivity contribution in [3.05, 3.63) is 55.6 Å². The molecule has 2 aromatic carbocycles.